The highest BCUT2D eigenvalue weighted by molar-refractivity contribution is 7.95. The summed E-state index contributed by atoms with van der Waals surface area (Å²) in [4.78, 5) is 24.4. The van der Waals surface area contributed by atoms with E-state index in [4.69, 9.17) is 10.6 Å². The minimum Gasteiger partial charge on any atom is -0.444 e. The molecule has 1 atom stereocenters. The highest BCUT2D eigenvalue weighted by Crippen LogP contribution is 2.27. The van der Waals surface area contributed by atoms with Gasteiger partial charge in [0.2, 0.25) is 15.7 Å². The molecule has 0 aliphatic carbocycles. The molecule has 0 fully saturated rings. The van der Waals surface area contributed by atoms with Gasteiger partial charge in [0, 0.05) is 22.8 Å². The highest BCUT2D eigenvalue weighted by Gasteiger charge is 2.25. The Morgan fingerprint density at radius 3 is 2.06 bits per heavy atom. The minimum atomic E-state index is -3.82. The lowest BCUT2D eigenvalue weighted by atomic mass is 9.95. The number of hydrogen-bond acceptors (Lipinski definition) is 7. The van der Waals surface area contributed by atoms with E-state index >= 15 is 0 Å². The van der Waals surface area contributed by atoms with E-state index in [-0.39, 0.29) is 34.7 Å². The van der Waals surface area contributed by atoms with Crippen molar-refractivity contribution >= 4 is 27.5 Å². The Bertz CT molecular complexity index is 1000. The first-order chi connectivity index (χ1) is 15.4. The molecule has 0 aliphatic heterocycles. The molecule has 34 heavy (non-hydrogen) atoms. The van der Waals surface area contributed by atoms with Crippen LogP contribution in [0.15, 0.2) is 39.8 Å². The number of sulfone groups is 1. The number of amides is 2. The molecule has 0 radical (unpaired) electrons. The molecule has 0 spiro atoms. The molecule has 0 aromatic heterocycles. The normalized spacial score (nSPS) is 14.1. The number of hydrazine groups is 1. The van der Waals surface area contributed by atoms with Crippen molar-refractivity contribution in [2.45, 2.75) is 85.3 Å². The number of allylic oxidation sites excluding steroid dienone is 2. The second-order valence-electron chi connectivity index (χ2n) is 10.3. The number of rotatable bonds is 8. The third kappa shape index (κ3) is 8.64. The monoisotopic (exact) mass is 496 g/mol. The van der Waals surface area contributed by atoms with Gasteiger partial charge in [0.15, 0.2) is 0 Å². The van der Waals surface area contributed by atoms with E-state index in [1.165, 1.54) is 17.1 Å². The minimum absolute atomic E-state index is 0.103. The van der Waals surface area contributed by atoms with Gasteiger partial charge in [-0.2, -0.15) is 0 Å². The Morgan fingerprint density at radius 1 is 1.09 bits per heavy atom. The summed E-state index contributed by atoms with van der Waals surface area (Å²) in [6.07, 6.45) is -0.338. The van der Waals surface area contributed by atoms with Crippen LogP contribution in [-0.4, -0.2) is 43.6 Å². The van der Waals surface area contributed by atoms with Gasteiger partial charge in [-0.15, -0.1) is 0 Å². The fraction of sp³-hybridized carbons (Fsp3) is 0.583. The number of ether oxygens (including phenoxy) is 1. The average Bonchev–Trinajstić information content (AvgIpc) is 2.66. The Hall–Kier alpha value is -2.59. The van der Waals surface area contributed by atoms with Gasteiger partial charge in [0.1, 0.15) is 5.60 Å². The first-order valence-electron chi connectivity index (χ1n) is 11.3. The van der Waals surface area contributed by atoms with E-state index < -0.39 is 26.9 Å². The molecule has 0 saturated carbocycles. The van der Waals surface area contributed by atoms with Gasteiger partial charge in [0.05, 0.1) is 16.3 Å². The third-order valence-corrected chi connectivity index (χ3v) is 6.94. The number of nitrogens with two attached hydrogens (primary N) is 1. The fourth-order valence-corrected chi connectivity index (χ4v) is 4.63. The SMILES string of the molecule is CC/C(=C(/C)N(N)C[C@H](C)NC(=O)OC(C)(C)C)S(=O)(=O)c1ccc(NC(=O)C(C)(C)C)cc1. The molecular formula is C24H40N4O5S. The van der Waals surface area contributed by atoms with Crippen LogP contribution >= 0.6 is 0 Å². The van der Waals surface area contributed by atoms with Crippen molar-refractivity contribution in [1.82, 2.24) is 10.3 Å². The summed E-state index contributed by atoms with van der Waals surface area (Å²) in [6.45, 7) is 16.0. The van der Waals surface area contributed by atoms with Gasteiger partial charge in [-0.25, -0.2) is 19.1 Å². The van der Waals surface area contributed by atoms with Crippen LogP contribution in [0.3, 0.4) is 0 Å². The van der Waals surface area contributed by atoms with Crippen LogP contribution in [0.5, 0.6) is 0 Å². The molecule has 0 saturated heterocycles. The summed E-state index contributed by atoms with van der Waals surface area (Å²) in [5, 5.41) is 6.79. The molecule has 9 nitrogen and oxygen atoms in total. The molecule has 192 valence electrons. The predicted octanol–water partition coefficient (Wildman–Crippen LogP) is 4.18. The quantitative estimate of drug-likeness (QED) is 0.363. The second kappa shape index (κ2) is 11.2. The number of benzene rings is 1. The number of nitrogens with one attached hydrogen (secondary N) is 2. The molecule has 1 aromatic rings. The van der Waals surface area contributed by atoms with Crippen molar-refractivity contribution in [1.29, 1.82) is 0 Å². The number of nitrogens with zero attached hydrogens (tertiary/aromatic N) is 1. The maximum Gasteiger partial charge on any atom is 0.407 e. The van der Waals surface area contributed by atoms with E-state index in [0.717, 1.165) is 0 Å². The smallest absolute Gasteiger partial charge is 0.407 e. The standard InChI is InChI=1S/C24H40N4O5S/c1-10-20(17(3)28(25)15-16(2)26-22(30)33-24(7,8)9)34(31,32)19-13-11-18(12-14-19)27-21(29)23(4,5)6/h11-14,16H,10,15,25H2,1-9H3,(H,26,30)(H,27,29)/b20-17+/t16-/m0/s1. The number of anilines is 1. The van der Waals surface area contributed by atoms with Crippen molar-refractivity contribution in [3.05, 3.63) is 34.9 Å². The van der Waals surface area contributed by atoms with Crippen molar-refractivity contribution in [2.75, 3.05) is 11.9 Å². The van der Waals surface area contributed by atoms with Crippen LogP contribution in [0.25, 0.3) is 0 Å². The third-order valence-electron chi connectivity index (χ3n) is 4.82. The lowest BCUT2D eigenvalue weighted by Crippen LogP contribution is -2.46. The summed E-state index contributed by atoms with van der Waals surface area (Å²) in [5.74, 6) is 6.00. The lowest BCUT2D eigenvalue weighted by molar-refractivity contribution is -0.123. The number of hydrogen-bond donors (Lipinski definition) is 3. The van der Waals surface area contributed by atoms with Crippen LogP contribution in [0, 0.1) is 5.41 Å². The molecule has 4 N–H and O–H groups in total. The molecule has 1 aromatic carbocycles. The van der Waals surface area contributed by atoms with E-state index in [1.807, 2.05) is 0 Å². The molecule has 0 aliphatic rings. The molecule has 10 heteroatoms. The van der Waals surface area contributed by atoms with Crippen molar-refractivity contribution in [3.8, 4) is 0 Å². The zero-order valence-corrected chi connectivity index (χ0v) is 22.6. The zero-order valence-electron chi connectivity index (χ0n) is 21.8. The Morgan fingerprint density at radius 2 is 1.62 bits per heavy atom. The highest BCUT2D eigenvalue weighted by atomic mass is 32.2. The van der Waals surface area contributed by atoms with Crippen molar-refractivity contribution < 1.29 is 22.7 Å². The van der Waals surface area contributed by atoms with Gasteiger partial charge >= 0.3 is 6.09 Å². The van der Waals surface area contributed by atoms with Crippen LogP contribution in [0.2, 0.25) is 0 Å². The summed E-state index contributed by atoms with van der Waals surface area (Å²) < 4.78 is 31.9. The number of alkyl carbamates (subject to hydrolysis) is 1. The summed E-state index contributed by atoms with van der Waals surface area (Å²) in [7, 11) is -3.82. The van der Waals surface area contributed by atoms with Gasteiger partial charge in [0.25, 0.3) is 0 Å². The topological polar surface area (TPSA) is 131 Å². The van der Waals surface area contributed by atoms with Crippen LogP contribution < -0.4 is 16.5 Å². The summed E-state index contributed by atoms with van der Waals surface area (Å²) in [6, 6.07) is 5.66. The lowest BCUT2D eigenvalue weighted by Gasteiger charge is -2.27. The van der Waals surface area contributed by atoms with Gasteiger partial charge in [-0.1, -0.05) is 27.7 Å². The second-order valence-corrected chi connectivity index (χ2v) is 12.3. The van der Waals surface area contributed by atoms with Crippen molar-refractivity contribution in [3.63, 3.8) is 0 Å². The van der Waals surface area contributed by atoms with Gasteiger partial charge in [-0.3, -0.25) is 4.79 Å². The Balaban J connectivity index is 3.03. The summed E-state index contributed by atoms with van der Waals surface area (Å²) >= 11 is 0. The zero-order chi connectivity index (χ0) is 26.5. The largest absolute Gasteiger partial charge is 0.444 e. The fourth-order valence-electron chi connectivity index (χ4n) is 2.97. The van der Waals surface area contributed by atoms with Crippen molar-refractivity contribution in [2.24, 2.45) is 11.3 Å². The molecule has 0 heterocycles. The Kier molecular flexibility index (Phi) is 9.72. The molecule has 0 bridgehead atoms. The van der Waals surface area contributed by atoms with Gasteiger partial charge < -0.3 is 20.4 Å². The van der Waals surface area contributed by atoms with E-state index in [2.05, 4.69) is 10.6 Å². The molecular weight excluding hydrogens is 456 g/mol. The molecule has 1 rings (SSSR count). The number of carbonyl (C=O) groups excluding carboxylic acids is 2. The van der Waals surface area contributed by atoms with Crippen LogP contribution in [0.1, 0.15) is 68.7 Å². The predicted molar refractivity (Wildman–Crippen MR) is 134 cm³/mol. The van der Waals surface area contributed by atoms with E-state index in [1.54, 1.807) is 74.4 Å². The maximum atomic E-state index is 13.3. The van der Waals surface area contributed by atoms with E-state index in [0.29, 0.717) is 11.4 Å². The first kappa shape index (κ1) is 29.4. The molecule has 0 unspecified atom stereocenters. The molecule has 2 amide bonds. The van der Waals surface area contributed by atoms with Crippen LogP contribution in [0.4, 0.5) is 10.5 Å². The average molecular weight is 497 g/mol. The maximum absolute atomic E-state index is 13.3. The Labute approximate surface area is 204 Å². The number of carbonyl (C=O) groups is 2. The first-order valence-corrected chi connectivity index (χ1v) is 12.7. The van der Waals surface area contributed by atoms with Gasteiger partial charge in [-0.05, 0) is 65.3 Å². The van der Waals surface area contributed by atoms with Crippen LogP contribution in [-0.2, 0) is 19.4 Å². The van der Waals surface area contributed by atoms with E-state index in [9.17, 15) is 18.0 Å². The summed E-state index contributed by atoms with van der Waals surface area (Å²) in [5.41, 5.74) is -0.304.